The summed E-state index contributed by atoms with van der Waals surface area (Å²) in [5.74, 6) is 1.25. The summed E-state index contributed by atoms with van der Waals surface area (Å²) in [5, 5.41) is 5.69. The normalized spacial score (nSPS) is 16.9. The Hall–Kier alpha value is -3.10. The Balaban J connectivity index is 1.21. The summed E-state index contributed by atoms with van der Waals surface area (Å²) in [5.41, 5.74) is 4.00. The number of fused-ring (bicyclic) bond motifs is 1. The van der Waals surface area contributed by atoms with Crippen LogP contribution in [-0.2, 0) is 16.1 Å². The molecule has 2 aromatic rings. The molecule has 1 saturated heterocycles. The molecule has 2 aliphatic rings. The van der Waals surface area contributed by atoms with Gasteiger partial charge in [0.15, 0.2) is 11.5 Å². The molecule has 2 aromatic carbocycles. The smallest absolute Gasteiger partial charge is 0.243 e. The minimum absolute atomic E-state index is 0.0406. The summed E-state index contributed by atoms with van der Waals surface area (Å²) in [6, 6.07) is 11.6. The number of piperazine rings is 1. The monoisotopic (exact) mass is 452 g/mol. The lowest BCUT2D eigenvalue weighted by atomic mass is 10.1. The molecule has 2 amide bonds. The topological polar surface area (TPSA) is 83.1 Å². The number of ether oxygens (including phenoxy) is 2. The average molecular weight is 453 g/mol. The van der Waals surface area contributed by atoms with Crippen LogP contribution in [0.1, 0.15) is 23.6 Å². The van der Waals surface area contributed by atoms with Crippen molar-refractivity contribution >= 4 is 17.5 Å². The van der Waals surface area contributed by atoms with Crippen molar-refractivity contribution in [1.82, 2.24) is 15.1 Å². The van der Waals surface area contributed by atoms with Crippen molar-refractivity contribution in [3.63, 3.8) is 0 Å². The Labute approximate surface area is 194 Å². The molecule has 33 heavy (non-hydrogen) atoms. The molecule has 2 N–H and O–H groups in total. The van der Waals surface area contributed by atoms with E-state index in [4.69, 9.17) is 9.47 Å². The fourth-order valence-corrected chi connectivity index (χ4v) is 4.28. The number of benzene rings is 2. The van der Waals surface area contributed by atoms with Crippen molar-refractivity contribution in [2.45, 2.75) is 33.4 Å². The lowest BCUT2D eigenvalue weighted by molar-refractivity contribution is -0.128. The SMILES string of the molecule is Cc1cccc(C)c1NC(=O)CNC(=O)[C@@H](C)N1CCN(Cc2ccc3c(c2)OCO3)CC1. The zero-order valence-corrected chi connectivity index (χ0v) is 19.5. The first-order valence-electron chi connectivity index (χ1n) is 11.4. The van der Waals surface area contributed by atoms with Gasteiger partial charge in [-0.3, -0.25) is 19.4 Å². The Morgan fingerprint density at radius 1 is 1.00 bits per heavy atom. The van der Waals surface area contributed by atoms with Gasteiger partial charge in [-0.2, -0.15) is 0 Å². The van der Waals surface area contributed by atoms with Gasteiger partial charge in [0.25, 0.3) is 0 Å². The van der Waals surface area contributed by atoms with E-state index in [1.165, 1.54) is 5.56 Å². The molecule has 1 fully saturated rings. The third-order valence-corrected chi connectivity index (χ3v) is 6.35. The van der Waals surface area contributed by atoms with Crippen LogP contribution in [0.4, 0.5) is 5.69 Å². The highest BCUT2D eigenvalue weighted by Gasteiger charge is 2.26. The van der Waals surface area contributed by atoms with Gasteiger partial charge in [-0.25, -0.2) is 0 Å². The summed E-state index contributed by atoms with van der Waals surface area (Å²) in [4.78, 5) is 29.5. The van der Waals surface area contributed by atoms with E-state index in [0.29, 0.717) is 0 Å². The van der Waals surface area contributed by atoms with E-state index in [-0.39, 0.29) is 31.2 Å². The highest BCUT2D eigenvalue weighted by Crippen LogP contribution is 2.32. The largest absolute Gasteiger partial charge is 0.454 e. The van der Waals surface area contributed by atoms with Crippen LogP contribution < -0.4 is 20.1 Å². The van der Waals surface area contributed by atoms with Gasteiger partial charge < -0.3 is 20.1 Å². The van der Waals surface area contributed by atoms with Crippen LogP contribution in [0.2, 0.25) is 0 Å². The van der Waals surface area contributed by atoms with Crippen molar-refractivity contribution in [1.29, 1.82) is 0 Å². The van der Waals surface area contributed by atoms with Crippen molar-refractivity contribution < 1.29 is 19.1 Å². The van der Waals surface area contributed by atoms with Gasteiger partial charge in [0.05, 0.1) is 12.6 Å². The number of hydrogen-bond acceptors (Lipinski definition) is 6. The molecule has 2 aliphatic heterocycles. The molecule has 2 heterocycles. The van der Waals surface area contributed by atoms with Gasteiger partial charge in [-0.05, 0) is 49.6 Å². The van der Waals surface area contributed by atoms with Crippen LogP contribution in [0.25, 0.3) is 0 Å². The summed E-state index contributed by atoms with van der Waals surface area (Å²) in [6.45, 7) is 10.2. The van der Waals surface area contributed by atoms with Gasteiger partial charge in [-0.15, -0.1) is 0 Å². The van der Waals surface area contributed by atoms with Crippen LogP contribution >= 0.6 is 0 Å². The summed E-state index contributed by atoms with van der Waals surface area (Å²) >= 11 is 0. The first-order valence-corrected chi connectivity index (χ1v) is 11.4. The number of hydrogen-bond donors (Lipinski definition) is 2. The number of aryl methyl sites for hydroxylation is 2. The van der Waals surface area contributed by atoms with Gasteiger partial charge in [0.1, 0.15) is 0 Å². The van der Waals surface area contributed by atoms with E-state index in [9.17, 15) is 9.59 Å². The second-order valence-corrected chi connectivity index (χ2v) is 8.71. The molecule has 0 aromatic heterocycles. The van der Waals surface area contributed by atoms with Crippen LogP contribution in [0.3, 0.4) is 0 Å². The molecule has 4 rings (SSSR count). The molecule has 8 nitrogen and oxygen atoms in total. The Morgan fingerprint density at radius 2 is 1.70 bits per heavy atom. The molecule has 0 bridgehead atoms. The van der Waals surface area contributed by atoms with Crippen LogP contribution in [0, 0.1) is 13.8 Å². The Kier molecular flexibility index (Phi) is 7.15. The highest BCUT2D eigenvalue weighted by atomic mass is 16.7. The van der Waals surface area contributed by atoms with Crippen molar-refractivity contribution in [3.05, 3.63) is 53.1 Å². The van der Waals surface area contributed by atoms with Crippen LogP contribution in [0.15, 0.2) is 36.4 Å². The minimum Gasteiger partial charge on any atom is -0.454 e. The number of rotatable bonds is 7. The molecule has 0 aliphatic carbocycles. The molecule has 0 unspecified atom stereocenters. The van der Waals surface area contributed by atoms with E-state index >= 15 is 0 Å². The third kappa shape index (κ3) is 5.64. The highest BCUT2D eigenvalue weighted by molar-refractivity contribution is 5.96. The number of carbonyl (C=O) groups excluding carboxylic acids is 2. The third-order valence-electron chi connectivity index (χ3n) is 6.35. The quantitative estimate of drug-likeness (QED) is 0.671. The first kappa shape index (κ1) is 23.1. The van der Waals surface area contributed by atoms with Gasteiger partial charge in [0, 0.05) is 38.4 Å². The van der Waals surface area contributed by atoms with Crippen molar-refractivity contribution in [2.75, 3.05) is 44.8 Å². The Bertz CT molecular complexity index is 997. The van der Waals surface area contributed by atoms with Gasteiger partial charge in [0.2, 0.25) is 18.6 Å². The van der Waals surface area contributed by atoms with E-state index in [0.717, 1.165) is 61.0 Å². The standard InChI is InChI=1S/C25H32N4O4/c1-17-5-4-6-18(2)24(17)27-23(30)14-26-25(31)19(3)29-11-9-28(10-12-29)15-20-7-8-21-22(13-20)33-16-32-21/h4-8,13,19H,9-12,14-16H2,1-3H3,(H,26,31)(H,27,30)/t19-/m1/s1. The van der Waals surface area contributed by atoms with Crippen LogP contribution in [-0.4, -0.2) is 67.2 Å². The molecule has 1 atom stereocenters. The second kappa shape index (κ2) is 10.2. The fraction of sp³-hybridized carbons (Fsp3) is 0.440. The fourth-order valence-electron chi connectivity index (χ4n) is 4.28. The predicted molar refractivity (Wildman–Crippen MR) is 126 cm³/mol. The molecular formula is C25H32N4O4. The molecular weight excluding hydrogens is 420 g/mol. The summed E-state index contributed by atoms with van der Waals surface area (Å²) < 4.78 is 10.8. The number of carbonyl (C=O) groups is 2. The number of amides is 2. The maximum Gasteiger partial charge on any atom is 0.243 e. The first-order chi connectivity index (χ1) is 15.9. The zero-order valence-electron chi connectivity index (χ0n) is 19.5. The van der Waals surface area contributed by atoms with Crippen molar-refractivity contribution in [3.8, 4) is 11.5 Å². The van der Waals surface area contributed by atoms with E-state index in [2.05, 4.69) is 26.5 Å². The number of nitrogens with one attached hydrogen (secondary N) is 2. The predicted octanol–water partition coefficient (Wildman–Crippen LogP) is 2.29. The number of para-hydroxylation sites is 1. The maximum atomic E-state index is 12.6. The van der Waals surface area contributed by atoms with Crippen molar-refractivity contribution in [2.24, 2.45) is 0 Å². The van der Waals surface area contributed by atoms with E-state index in [1.54, 1.807) is 0 Å². The maximum absolute atomic E-state index is 12.6. The van der Waals surface area contributed by atoms with E-state index < -0.39 is 0 Å². The zero-order chi connectivity index (χ0) is 23.4. The summed E-state index contributed by atoms with van der Waals surface area (Å²) in [7, 11) is 0. The minimum atomic E-state index is -0.286. The Morgan fingerprint density at radius 3 is 2.42 bits per heavy atom. The average Bonchev–Trinajstić information content (AvgIpc) is 3.28. The molecule has 0 spiro atoms. The van der Waals surface area contributed by atoms with Gasteiger partial charge >= 0.3 is 0 Å². The molecule has 176 valence electrons. The van der Waals surface area contributed by atoms with Gasteiger partial charge in [-0.1, -0.05) is 24.3 Å². The molecule has 8 heteroatoms. The lowest BCUT2D eigenvalue weighted by Crippen LogP contribution is -2.54. The number of nitrogens with zero attached hydrogens (tertiary/aromatic N) is 2. The molecule has 0 saturated carbocycles. The second-order valence-electron chi connectivity index (χ2n) is 8.71. The lowest BCUT2D eigenvalue weighted by Gasteiger charge is -2.37. The molecule has 0 radical (unpaired) electrons. The number of anilines is 1. The summed E-state index contributed by atoms with van der Waals surface area (Å²) in [6.07, 6.45) is 0. The van der Waals surface area contributed by atoms with Crippen LogP contribution in [0.5, 0.6) is 11.5 Å². The van der Waals surface area contributed by atoms with E-state index in [1.807, 2.05) is 51.1 Å².